The molecule has 1 saturated heterocycles. The van der Waals surface area contributed by atoms with Gasteiger partial charge in [-0.2, -0.15) is 0 Å². The van der Waals surface area contributed by atoms with Crippen LogP contribution in [0.25, 0.3) is 0 Å². The topological polar surface area (TPSA) is 70.7 Å². The van der Waals surface area contributed by atoms with Crippen LogP contribution in [0, 0.1) is 6.92 Å². The van der Waals surface area contributed by atoms with Crippen molar-refractivity contribution >= 4 is 45.8 Å². The van der Waals surface area contributed by atoms with E-state index in [1.165, 1.54) is 13.0 Å². The van der Waals surface area contributed by atoms with Crippen molar-refractivity contribution in [2.24, 2.45) is 10.7 Å². The summed E-state index contributed by atoms with van der Waals surface area (Å²) in [6.07, 6.45) is 4.42. The van der Waals surface area contributed by atoms with Crippen LogP contribution in [0.2, 0.25) is 0 Å². The largest absolute Gasteiger partial charge is 0.385 e. The van der Waals surface area contributed by atoms with Gasteiger partial charge in [-0.05, 0) is 69.6 Å². The van der Waals surface area contributed by atoms with Crippen molar-refractivity contribution in [3.05, 3.63) is 46.7 Å². The van der Waals surface area contributed by atoms with Crippen LogP contribution in [0.15, 0.2) is 46.1 Å². The van der Waals surface area contributed by atoms with E-state index in [-0.39, 0.29) is 11.5 Å². The number of benzene rings is 1. The first-order valence-electron chi connectivity index (χ1n) is 9.89. The second-order valence-electron chi connectivity index (χ2n) is 7.49. The highest BCUT2D eigenvalue weighted by Crippen LogP contribution is 2.54. The van der Waals surface area contributed by atoms with Gasteiger partial charge in [-0.3, -0.25) is 9.79 Å². The number of hydrogen-bond acceptors (Lipinski definition) is 4. The Morgan fingerprint density at radius 3 is 2.80 bits per heavy atom. The number of alkyl halides is 1. The van der Waals surface area contributed by atoms with Crippen LogP contribution in [-0.2, 0) is 4.79 Å². The average Bonchev–Trinajstić information content (AvgIpc) is 2.68. The lowest BCUT2D eigenvalue weighted by molar-refractivity contribution is -0.124. The summed E-state index contributed by atoms with van der Waals surface area (Å²) in [6, 6.07) is 4.83. The van der Waals surface area contributed by atoms with Gasteiger partial charge >= 0.3 is 0 Å². The van der Waals surface area contributed by atoms with Gasteiger partial charge in [-0.25, -0.2) is 8.78 Å². The van der Waals surface area contributed by atoms with E-state index in [4.69, 9.17) is 5.73 Å². The highest BCUT2D eigenvalue weighted by Gasteiger charge is 2.48. The van der Waals surface area contributed by atoms with Gasteiger partial charge in [0.05, 0.1) is 17.6 Å². The summed E-state index contributed by atoms with van der Waals surface area (Å²) in [5, 5.41) is 3.84. The Bertz CT molecular complexity index is 972. The van der Waals surface area contributed by atoms with Crippen LogP contribution in [0.3, 0.4) is 0 Å². The summed E-state index contributed by atoms with van der Waals surface area (Å²) < 4.78 is 28.2. The number of nitrogens with one attached hydrogen (secondary N) is 1. The van der Waals surface area contributed by atoms with Gasteiger partial charge in [-0.1, -0.05) is 6.07 Å². The Morgan fingerprint density at radius 2 is 2.17 bits per heavy atom. The van der Waals surface area contributed by atoms with Gasteiger partial charge in [0.1, 0.15) is 11.6 Å². The number of allylic oxidation sites excluding steroid dienone is 2. The van der Waals surface area contributed by atoms with Gasteiger partial charge < -0.3 is 16.0 Å². The monoisotopic (exact) mass is 452 g/mol. The molecule has 2 aliphatic heterocycles. The molecule has 2 aliphatic rings. The summed E-state index contributed by atoms with van der Waals surface area (Å²) >= 11 is 0. The maximum Gasteiger partial charge on any atom is 0.247 e. The number of nitrogens with zero attached hydrogens (tertiary/aromatic N) is 2. The number of carbonyl (C=O) groups excluding carboxylic acids is 1. The molecule has 0 saturated carbocycles. The number of aryl methyl sites for hydroxylation is 1. The van der Waals surface area contributed by atoms with Crippen LogP contribution in [-0.4, -0.2) is 42.2 Å². The summed E-state index contributed by atoms with van der Waals surface area (Å²) in [6.45, 7) is 5.69. The van der Waals surface area contributed by atoms with Gasteiger partial charge in [0.25, 0.3) is 0 Å². The number of aliphatic imine (C=N–C) groups is 1. The molecule has 1 amide bonds. The molecule has 1 aromatic rings. The molecule has 1 aromatic carbocycles. The molecule has 4 unspecified atom stereocenters. The van der Waals surface area contributed by atoms with Crippen LogP contribution in [0.1, 0.15) is 25.8 Å². The lowest BCUT2D eigenvalue weighted by atomic mass is 10.1. The van der Waals surface area contributed by atoms with Crippen molar-refractivity contribution in [1.29, 1.82) is 0 Å². The van der Waals surface area contributed by atoms with Crippen molar-refractivity contribution in [2.75, 3.05) is 11.4 Å². The number of hydrogen-bond donors (Lipinski definition) is 2. The predicted molar refractivity (Wildman–Crippen MR) is 128 cm³/mol. The molecule has 0 aromatic heterocycles. The highest BCUT2D eigenvalue weighted by atomic mass is 31.1. The molecule has 3 N–H and O–H groups in total. The van der Waals surface area contributed by atoms with Gasteiger partial charge in [-0.15, -0.1) is 9.24 Å². The average molecular weight is 452 g/mol. The third kappa shape index (κ3) is 4.59. The van der Waals surface area contributed by atoms with Crippen LogP contribution in [0.4, 0.5) is 20.2 Å². The highest BCUT2D eigenvalue weighted by molar-refractivity contribution is 7.72. The number of halogens is 2. The van der Waals surface area contributed by atoms with E-state index in [0.29, 0.717) is 24.4 Å². The van der Waals surface area contributed by atoms with E-state index in [0.717, 1.165) is 16.3 Å². The van der Waals surface area contributed by atoms with Crippen LogP contribution < -0.4 is 16.0 Å². The summed E-state index contributed by atoms with van der Waals surface area (Å²) in [5.41, 5.74) is 8.89. The number of nitrogens with two attached hydrogens (primary N) is 1. The first-order valence-corrected chi connectivity index (χ1v) is 12.0. The van der Waals surface area contributed by atoms with Crippen molar-refractivity contribution in [1.82, 2.24) is 5.32 Å². The molecular formula is C21H28F2N4OP2. The zero-order valence-electron chi connectivity index (χ0n) is 17.3. The quantitative estimate of drug-likeness (QED) is 0.374. The second kappa shape index (κ2) is 9.55. The normalized spacial score (nSPS) is 25.2. The summed E-state index contributed by atoms with van der Waals surface area (Å²) in [4.78, 5) is 18.6. The van der Waals surface area contributed by atoms with Gasteiger partial charge in [0.15, 0.2) is 0 Å². The van der Waals surface area contributed by atoms with E-state index in [2.05, 4.69) is 19.5 Å². The Balaban J connectivity index is 1.90. The minimum atomic E-state index is -1.90. The number of β-lactam (4-membered cyclic amide) rings is 1. The number of anilines is 1. The molecule has 5 nitrogen and oxygen atoms in total. The third-order valence-electron chi connectivity index (χ3n) is 5.21. The SMILES string of the molecule is C/C=N\c1cc(N2C(=O)[C@H](N)C2[PH]2=C(F)C=C(NCCC(C)F)C=C2P)ccc1C. The Labute approximate surface area is 179 Å². The minimum absolute atomic E-state index is 0.219. The fourth-order valence-electron chi connectivity index (χ4n) is 3.60. The van der Waals surface area contributed by atoms with Crippen LogP contribution >= 0.6 is 16.8 Å². The fraction of sp³-hybridized carbons (Fsp3) is 0.381. The van der Waals surface area contributed by atoms with Crippen LogP contribution in [0.5, 0.6) is 0 Å². The smallest absolute Gasteiger partial charge is 0.247 e. The fourth-order valence-corrected chi connectivity index (χ4v) is 7.27. The van der Waals surface area contributed by atoms with Crippen molar-refractivity contribution < 1.29 is 13.6 Å². The molecule has 9 heteroatoms. The molecule has 1 fully saturated rings. The Hall–Kier alpha value is -1.81. The first kappa shape index (κ1) is 22.9. The first-order chi connectivity index (χ1) is 14.2. The van der Waals surface area contributed by atoms with E-state index in [1.54, 1.807) is 11.1 Å². The van der Waals surface area contributed by atoms with Crippen molar-refractivity contribution in [3.8, 4) is 0 Å². The molecule has 0 spiro atoms. The summed E-state index contributed by atoms with van der Waals surface area (Å²) in [7, 11) is 0.693. The molecule has 2 heterocycles. The molecule has 162 valence electrons. The van der Waals surface area contributed by atoms with Gasteiger partial charge in [0, 0.05) is 24.1 Å². The number of carbonyl (C=O) groups is 1. The zero-order chi connectivity index (χ0) is 22.0. The minimum Gasteiger partial charge on any atom is -0.385 e. The second-order valence-corrected chi connectivity index (χ2v) is 11.2. The zero-order valence-corrected chi connectivity index (χ0v) is 19.5. The molecule has 0 radical (unpaired) electrons. The Kier molecular flexibility index (Phi) is 7.28. The van der Waals surface area contributed by atoms with E-state index in [1.807, 2.05) is 38.1 Å². The molecular weight excluding hydrogens is 424 g/mol. The predicted octanol–water partition coefficient (Wildman–Crippen LogP) is 3.98. The van der Waals surface area contributed by atoms with Crippen molar-refractivity contribution in [2.45, 2.75) is 45.2 Å². The van der Waals surface area contributed by atoms with E-state index >= 15 is 4.39 Å². The van der Waals surface area contributed by atoms with E-state index < -0.39 is 25.5 Å². The van der Waals surface area contributed by atoms with E-state index in [9.17, 15) is 9.18 Å². The van der Waals surface area contributed by atoms with Gasteiger partial charge in [0.2, 0.25) is 5.91 Å². The molecule has 5 atom stereocenters. The standard InChI is InChI=1S/C21H28F2N4OP2/c1-4-25-16-11-15(6-5-12(16)2)27-20(28)19(24)21(27)30-17(23)9-14(10-18(30)29)26-8-7-13(3)22/h4-6,9-11,13,19,21,26,30H,7-8,24,29H2,1-3H3/b25-4-/t13?,19-,21?/m0/s1. The maximum absolute atomic E-state index is 15.2. The molecule has 0 aliphatic carbocycles. The lowest BCUT2D eigenvalue weighted by Crippen LogP contribution is -2.67. The summed E-state index contributed by atoms with van der Waals surface area (Å²) in [5.74, 6) is -0.653. The third-order valence-corrected chi connectivity index (χ3v) is 8.94. The number of rotatable bonds is 7. The maximum atomic E-state index is 15.2. The molecule has 0 bridgehead atoms. The molecule has 3 rings (SSSR count). The lowest BCUT2D eigenvalue weighted by Gasteiger charge is -2.47. The Morgan fingerprint density at radius 1 is 1.43 bits per heavy atom. The van der Waals surface area contributed by atoms with Crippen molar-refractivity contribution in [3.63, 3.8) is 0 Å². The number of amides is 1. The molecule has 30 heavy (non-hydrogen) atoms.